The van der Waals surface area contributed by atoms with E-state index in [1.807, 2.05) is 0 Å². The smallest absolute Gasteiger partial charge is 0.150 e. The van der Waals surface area contributed by atoms with Crippen LogP contribution in [0.5, 0.6) is 0 Å². The van der Waals surface area contributed by atoms with Gasteiger partial charge in [0.2, 0.25) is 0 Å². The van der Waals surface area contributed by atoms with E-state index < -0.39 is 9.84 Å². The van der Waals surface area contributed by atoms with Crippen molar-refractivity contribution >= 4 is 9.84 Å². The Kier molecular flexibility index (Phi) is 10.6. The molecule has 0 atom stereocenters. The molecule has 0 saturated carbocycles. The highest BCUT2D eigenvalue weighted by molar-refractivity contribution is 7.91. The van der Waals surface area contributed by atoms with Crippen molar-refractivity contribution in [1.29, 1.82) is 0 Å². The van der Waals surface area contributed by atoms with Crippen LogP contribution < -0.4 is 0 Å². The van der Waals surface area contributed by atoms with Crippen LogP contribution in [0.15, 0.2) is 0 Å². The first-order valence-electron chi connectivity index (χ1n) is 7.87. The van der Waals surface area contributed by atoms with Gasteiger partial charge in [0.15, 0.2) is 0 Å². The lowest BCUT2D eigenvalue weighted by Gasteiger charge is -2.29. The minimum absolute atomic E-state index is 0.424. The van der Waals surface area contributed by atoms with Gasteiger partial charge in [0, 0.05) is 6.04 Å². The number of hydrogen-bond acceptors (Lipinski definition) is 3. The minimum Gasteiger partial charge on any atom is -0.301 e. The van der Waals surface area contributed by atoms with E-state index in [9.17, 15) is 8.42 Å². The molecule has 0 aliphatic carbocycles. The van der Waals surface area contributed by atoms with Gasteiger partial charge in [-0.1, -0.05) is 26.7 Å². The first kappa shape index (κ1) is 18.9. The van der Waals surface area contributed by atoms with Crippen LogP contribution in [0.4, 0.5) is 0 Å². The summed E-state index contributed by atoms with van der Waals surface area (Å²) < 4.78 is 20.9. The molecule has 0 aromatic heterocycles. The molecule has 2 aliphatic rings. The third-order valence-corrected chi connectivity index (χ3v) is 5.10. The summed E-state index contributed by atoms with van der Waals surface area (Å²) in [5.41, 5.74) is 0. The molecule has 0 radical (unpaired) electrons. The van der Waals surface area contributed by atoms with Gasteiger partial charge >= 0.3 is 0 Å². The second-order valence-corrected chi connectivity index (χ2v) is 8.06. The molecule has 2 aliphatic heterocycles. The summed E-state index contributed by atoms with van der Waals surface area (Å²) in [7, 11) is -2.55. The van der Waals surface area contributed by atoms with Gasteiger partial charge in [-0.25, -0.2) is 8.42 Å². The summed E-state index contributed by atoms with van der Waals surface area (Å²) in [4.78, 5) is 2.56. The van der Waals surface area contributed by atoms with E-state index in [-0.39, 0.29) is 0 Å². The van der Waals surface area contributed by atoms with Crippen LogP contribution in [0.3, 0.4) is 0 Å². The second kappa shape index (κ2) is 10.7. The Morgan fingerprint density at radius 3 is 1.53 bits per heavy atom. The maximum absolute atomic E-state index is 10.4. The molecule has 0 spiro atoms. The van der Waals surface area contributed by atoms with Gasteiger partial charge in [0.05, 0.1) is 11.5 Å². The topological polar surface area (TPSA) is 37.4 Å². The maximum atomic E-state index is 10.4. The zero-order valence-electron chi connectivity index (χ0n) is 13.3. The Labute approximate surface area is 120 Å². The van der Waals surface area contributed by atoms with Gasteiger partial charge in [-0.3, -0.25) is 0 Å². The lowest BCUT2D eigenvalue weighted by molar-refractivity contribution is 0.185. The van der Waals surface area contributed by atoms with Crippen LogP contribution in [-0.4, -0.2) is 44.0 Å². The van der Waals surface area contributed by atoms with E-state index in [1.165, 1.54) is 38.8 Å². The first-order valence-corrected chi connectivity index (χ1v) is 9.69. The zero-order chi connectivity index (χ0) is 14.7. The second-order valence-electron chi connectivity index (χ2n) is 5.76. The third kappa shape index (κ3) is 10.4. The van der Waals surface area contributed by atoms with Crippen LogP contribution in [0, 0.1) is 0 Å². The highest BCUT2D eigenvalue weighted by Gasteiger charge is 2.16. The fourth-order valence-electron chi connectivity index (χ4n) is 2.18. The summed E-state index contributed by atoms with van der Waals surface area (Å²) in [5.74, 6) is 0.847. The van der Waals surface area contributed by atoms with E-state index in [1.54, 1.807) is 0 Å². The van der Waals surface area contributed by atoms with E-state index in [2.05, 4.69) is 32.6 Å². The van der Waals surface area contributed by atoms with Crippen molar-refractivity contribution in [2.45, 2.75) is 72.3 Å². The van der Waals surface area contributed by atoms with Crippen LogP contribution in [-0.2, 0) is 9.84 Å². The molecule has 0 N–H and O–H groups in total. The van der Waals surface area contributed by atoms with E-state index >= 15 is 0 Å². The van der Waals surface area contributed by atoms with Crippen LogP contribution in [0.1, 0.15) is 66.2 Å². The molecule has 2 heterocycles. The Balaban J connectivity index is 0.000000289. The van der Waals surface area contributed by atoms with Crippen molar-refractivity contribution in [3.05, 3.63) is 0 Å². The summed E-state index contributed by atoms with van der Waals surface area (Å²) in [6, 6.07) is 0.769. The van der Waals surface area contributed by atoms with Crippen LogP contribution in [0.2, 0.25) is 0 Å². The van der Waals surface area contributed by atoms with Crippen molar-refractivity contribution in [3.8, 4) is 0 Å². The van der Waals surface area contributed by atoms with Gasteiger partial charge in [-0.05, 0) is 52.6 Å². The molecular formula is C15H33NO2S. The number of likely N-dealkylation sites (tertiary alicyclic amines) is 1. The fourth-order valence-corrected chi connectivity index (χ4v) is 3.67. The van der Waals surface area contributed by atoms with Crippen molar-refractivity contribution in [3.63, 3.8) is 0 Å². The Bertz CT molecular complexity index is 281. The van der Waals surface area contributed by atoms with Gasteiger partial charge < -0.3 is 4.90 Å². The molecule has 2 fully saturated rings. The molecule has 0 amide bonds. The average molecular weight is 292 g/mol. The molecule has 19 heavy (non-hydrogen) atoms. The van der Waals surface area contributed by atoms with Crippen molar-refractivity contribution in [1.82, 2.24) is 4.90 Å². The number of piperidine rings is 1. The van der Waals surface area contributed by atoms with Gasteiger partial charge in [0.1, 0.15) is 9.84 Å². The van der Waals surface area contributed by atoms with Crippen LogP contribution >= 0.6 is 0 Å². The highest BCUT2D eigenvalue weighted by atomic mass is 32.2. The lowest BCUT2D eigenvalue weighted by Crippen LogP contribution is -2.35. The number of sulfone groups is 1. The molecule has 4 heteroatoms. The monoisotopic (exact) mass is 291 g/mol. The summed E-state index contributed by atoms with van der Waals surface area (Å²) in [6.07, 6.45) is 7.28. The molecule has 2 saturated heterocycles. The lowest BCUT2D eigenvalue weighted by atomic mass is 10.1. The predicted molar refractivity (Wildman–Crippen MR) is 84.4 cm³/mol. The molecule has 2 rings (SSSR count). The molecule has 116 valence electrons. The Morgan fingerprint density at radius 2 is 1.32 bits per heavy atom. The van der Waals surface area contributed by atoms with E-state index in [0.717, 1.165) is 18.9 Å². The average Bonchev–Trinajstić information content (AvgIpc) is 2.77. The molecule has 0 aromatic rings. The van der Waals surface area contributed by atoms with Gasteiger partial charge in [-0.15, -0.1) is 0 Å². The predicted octanol–water partition coefficient (Wildman–Crippen LogP) is 3.49. The SMILES string of the molecule is CC(C)N1CCCCC1.CCC.O=S1(=O)CCCC1. The zero-order valence-corrected chi connectivity index (χ0v) is 14.1. The highest BCUT2D eigenvalue weighted by Crippen LogP contribution is 2.10. The quantitative estimate of drug-likeness (QED) is 0.742. The van der Waals surface area contributed by atoms with Crippen molar-refractivity contribution < 1.29 is 8.42 Å². The standard InChI is InChI=1S/C8H17N.C4H8O2S.C3H8/c1-8(2)9-6-4-3-5-7-9;5-7(6)3-1-2-4-7;1-3-2/h8H,3-7H2,1-2H3;1-4H2;3H2,1-2H3. The van der Waals surface area contributed by atoms with Gasteiger partial charge in [-0.2, -0.15) is 0 Å². The van der Waals surface area contributed by atoms with Crippen molar-refractivity contribution in [2.24, 2.45) is 0 Å². The largest absolute Gasteiger partial charge is 0.301 e. The number of hydrogen-bond donors (Lipinski definition) is 0. The minimum atomic E-state index is -2.55. The summed E-state index contributed by atoms with van der Waals surface area (Å²) in [6.45, 7) is 11.5. The van der Waals surface area contributed by atoms with Gasteiger partial charge in [0.25, 0.3) is 0 Å². The third-order valence-electron chi connectivity index (χ3n) is 3.28. The molecule has 3 nitrogen and oxygen atoms in total. The molecule has 0 aromatic carbocycles. The maximum Gasteiger partial charge on any atom is 0.150 e. The van der Waals surface area contributed by atoms with E-state index in [4.69, 9.17) is 0 Å². The first-order chi connectivity index (χ1) is 8.93. The number of nitrogens with zero attached hydrogens (tertiary/aromatic N) is 1. The molecule has 0 unspecified atom stereocenters. The molecule has 0 bridgehead atoms. The summed E-state index contributed by atoms with van der Waals surface area (Å²) >= 11 is 0. The van der Waals surface area contributed by atoms with Crippen molar-refractivity contribution in [2.75, 3.05) is 24.6 Å². The Hall–Kier alpha value is -0.0900. The fraction of sp³-hybridized carbons (Fsp3) is 1.00. The Morgan fingerprint density at radius 1 is 0.895 bits per heavy atom. The number of rotatable bonds is 1. The summed E-state index contributed by atoms with van der Waals surface area (Å²) in [5, 5.41) is 0. The van der Waals surface area contributed by atoms with Crippen LogP contribution in [0.25, 0.3) is 0 Å². The normalized spacial score (nSPS) is 22.2. The molecular weight excluding hydrogens is 258 g/mol. The van der Waals surface area contributed by atoms with E-state index in [0.29, 0.717) is 11.5 Å².